The summed E-state index contributed by atoms with van der Waals surface area (Å²) in [5.74, 6) is -0.216. The van der Waals surface area contributed by atoms with Crippen molar-refractivity contribution in [3.8, 4) is 11.5 Å². The lowest BCUT2D eigenvalue weighted by molar-refractivity contribution is 0.403. The van der Waals surface area contributed by atoms with E-state index < -0.39 is 0 Å². The summed E-state index contributed by atoms with van der Waals surface area (Å²) in [6, 6.07) is 5.52. The average molecular weight is 123 g/mol. The molecule has 0 spiro atoms. The summed E-state index contributed by atoms with van der Waals surface area (Å²) in [4.78, 5) is 0. The third-order valence-electron chi connectivity index (χ3n) is 1.05. The van der Waals surface area contributed by atoms with Crippen LogP contribution in [0.3, 0.4) is 0 Å². The summed E-state index contributed by atoms with van der Waals surface area (Å²) < 4.78 is 0. The van der Waals surface area contributed by atoms with E-state index in [4.69, 9.17) is 10.2 Å². The van der Waals surface area contributed by atoms with Crippen LogP contribution in [0.25, 0.3) is 0 Å². The Morgan fingerprint density at radius 1 is 1.33 bits per heavy atom. The Morgan fingerprint density at radius 3 is 2.44 bits per heavy atom. The van der Waals surface area contributed by atoms with Crippen LogP contribution in [0.5, 0.6) is 11.5 Å². The van der Waals surface area contributed by atoms with Gasteiger partial charge in [0.2, 0.25) is 0 Å². The molecule has 1 aromatic rings. The van der Waals surface area contributed by atoms with Gasteiger partial charge in [-0.2, -0.15) is 0 Å². The van der Waals surface area contributed by atoms with Crippen molar-refractivity contribution >= 4 is 0 Å². The van der Waals surface area contributed by atoms with E-state index in [0.717, 1.165) is 5.56 Å². The van der Waals surface area contributed by atoms with Crippen molar-refractivity contribution in [3.63, 3.8) is 0 Å². The molecule has 47 valence electrons. The minimum atomic E-state index is -0.124. The largest absolute Gasteiger partial charge is 0.504 e. The van der Waals surface area contributed by atoms with E-state index in [2.05, 4.69) is 6.07 Å². The minimum absolute atomic E-state index is 0.0914. The molecule has 0 saturated carbocycles. The zero-order valence-corrected chi connectivity index (χ0v) is 5.05. The lowest BCUT2D eigenvalue weighted by Crippen LogP contribution is -1.71. The maximum absolute atomic E-state index is 8.83. The highest BCUT2D eigenvalue weighted by atomic mass is 16.3. The number of aromatic hydroxyl groups is 2. The van der Waals surface area contributed by atoms with Gasteiger partial charge in [-0.1, -0.05) is 0 Å². The highest BCUT2D eigenvalue weighted by Gasteiger charge is 1.95. The van der Waals surface area contributed by atoms with Crippen LogP contribution in [-0.2, 0) is 0 Å². The zero-order valence-electron chi connectivity index (χ0n) is 5.05. The number of hydrogen-bond donors (Lipinski definition) is 2. The summed E-state index contributed by atoms with van der Waals surface area (Å²) >= 11 is 0. The molecule has 0 fully saturated rings. The maximum Gasteiger partial charge on any atom is 0.158 e. The fourth-order valence-corrected chi connectivity index (χ4v) is 0.577. The molecule has 2 heteroatoms. The normalized spacial score (nSPS) is 9.44. The van der Waals surface area contributed by atoms with Crippen LogP contribution in [0.2, 0.25) is 0 Å². The molecule has 0 aromatic heterocycles. The SMILES string of the molecule is Cc1[c]cc(O)c(O)c1. The zero-order chi connectivity index (χ0) is 6.85. The van der Waals surface area contributed by atoms with Crippen molar-refractivity contribution in [2.75, 3.05) is 0 Å². The van der Waals surface area contributed by atoms with Crippen molar-refractivity contribution in [3.05, 3.63) is 23.8 Å². The molecule has 0 aliphatic carbocycles. The third-order valence-corrected chi connectivity index (χ3v) is 1.05. The molecular formula is C7H7O2. The van der Waals surface area contributed by atoms with Crippen LogP contribution in [0.15, 0.2) is 12.1 Å². The number of aryl methyl sites for hydroxylation is 1. The Balaban J connectivity index is 3.17. The summed E-state index contributed by atoms with van der Waals surface area (Å²) in [5, 5.41) is 17.6. The molecule has 1 rings (SSSR count). The molecule has 0 atom stereocenters. The molecule has 2 nitrogen and oxygen atoms in total. The summed E-state index contributed by atoms with van der Waals surface area (Å²) in [5.41, 5.74) is 0.810. The van der Waals surface area contributed by atoms with Crippen LogP contribution >= 0.6 is 0 Å². The van der Waals surface area contributed by atoms with Crippen molar-refractivity contribution in [1.82, 2.24) is 0 Å². The number of phenols is 2. The predicted octanol–water partition coefficient (Wildman–Crippen LogP) is 1.21. The molecule has 0 bridgehead atoms. The van der Waals surface area contributed by atoms with E-state index >= 15 is 0 Å². The molecule has 0 aliphatic heterocycles. The molecule has 0 heterocycles. The molecule has 1 radical (unpaired) electrons. The van der Waals surface area contributed by atoms with Gasteiger partial charge in [-0.15, -0.1) is 0 Å². The third kappa shape index (κ3) is 1.13. The second-order valence-corrected chi connectivity index (χ2v) is 1.89. The number of benzene rings is 1. The quantitative estimate of drug-likeness (QED) is 0.509. The van der Waals surface area contributed by atoms with Crippen LogP contribution in [0, 0.1) is 13.0 Å². The van der Waals surface area contributed by atoms with E-state index in [0.29, 0.717) is 0 Å². The second-order valence-electron chi connectivity index (χ2n) is 1.89. The van der Waals surface area contributed by atoms with Gasteiger partial charge in [-0.05, 0) is 30.7 Å². The maximum atomic E-state index is 8.83. The van der Waals surface area contributed by atoms with Gasteiger partial charge >= 0.3 is 0 Å². The van der Waals surface area contributed by atoms with E-state index in [1.165, 1.54) is 12.1 Å². The van der Waals surface area contributed by atoms with Crippen molar-refractivity contribution in [2.45, 2.75) is 6.92 Å². The van der Waals surface area contributed by atoms with Crippen molar-refractivity contribution in [2.24, 2.45) is 0 Å². The Hall–Kier alpha value is -1.18. The van der Waals surface area contributed by atoms with E-state index in [1.807, 2.05) is 0 Å². The number of hydrogen-bond acceptors (Lipinski definition) is 2. The van der Waals surface area contributed by atoms with E-state index in [-0.39, 0.29) is 11.5 Å². The standard InChI is InChI=1S/C7H7O2/c1-5-2-3-6(8)7(9)4-5/h3-4,8-9H,1H3. The van der Waals surface area contributed by atoms with Crippen LogP contribution in [-0.4, -0.2) is 10.2 Å². The van der Waals surface area contributed by atoms with Gasteiger partial charge in [0, 0.05) is 0 Å². The fraction of sp³-hybridized carbons (Fsp3) is 0.143. The monoisotopic (exact) mass is 123 g/mol. The Kier molecular flexibility index (Phi) is 1.30. The molecule has 0 aliphatic rings. The molecule has 0 amide bonds. The average Bonchev–Trinajstić information content (AvgIpc) is 1.80. The number of rotatable bonds is 0. The highest BCUT2D eigenvalue weighted by molar-refractivity contribution is 5.39. The summed E-state index contributed by atoms with van der Waals surface area (Å²) in [6.45, 7) is 1.79. The van der Waals surface area contributed by atoms with Gasteiger partial charge in [0.25, 0.3) is 0 Å². The molecule has 0 unspecified atom stereocenters. The first-order valence-electron chi connectivity index (χ1n) is 2.60. The van der Waals surface area contributed by atoms with E-state index in [1.54, 1.807) is 6.92 Å². The van der Waals surface area contributed by atoms with Crippen LogP contribution in [0.1, 0.15) is 5.56 Å². The highest BCUT2D eigenvalue weighted by Crippen LogP contribution is 2.23. The first-order chi connectivity index (χ1) is 4.20. The van der Waals surface area contributed by atoms with Gasteiger partial charge in [0.05, 0.1) is 0 Å². The molecular weight excluding hydrogens is 116 g/mol. The topological polar surface area (TPSA) is 40.5 Å². The van der Waals surface area contributed by atoms with Gasteiger partial charge in [-0.3, -0.25) is 0 Å². The van der Waals surface area contributed by atoms with Crippen molar-refractivity contribution < 1.29 is 10.2 Å². The second kappa shape index (κ2) is 1.97. The Labute approximate surface area is 53.4 Å². The van der Waals surface area contributed by atoms with Crippen molar-refractivity contribution in [1.29, 1.82) is 0 Å². The molecule has 2 N–H and O–H groups in total. The Morgan fingerprint density at radius 2 is 2.00 bits per heavy atom. The lowest BCUT2D eigenvalue weighted by atomic mass is 10.2. The first-order valence-corrected chi connectivity index (χ1v) is 2.60. The summed E-state index contributed by atoms with van der Waals surface area (Å²) in [6.07, 6.45) is 0. The lowest BCUT2D eigenvalue weighted by Gasteiger charge is -1.95. The van der Waals surface area contributed by atoms with Crippen LogP contribution in [0.4, 0.5) is 0 Å². The molecule has 0 saturated heterocycles. The number of phenolic OH excluding ortho intramolecular Hbond substituents is 2. The predicted molar refractivity (Wildman–Crippen MR) is 33.3 cm³/mol. The minimum Gasteiger partial charge on any atom is -0.504 e. The first kappa shape index (κ1) is 5.95. The van der Waals surface area contributed by atoms with Gasteiger partial charge in [0.15, 0.2) is 11.5 Å². The smallest absolute Gasteiger partial charge is 0.158 e. The fourth-order valence-electron chi connectivity index (χ4n) is 0.577. The van der Waals surface area contributed by atoms with Gasteiger partial charge < -0.3 is 10.2 Å². The Bertz CT molecular complexity index is 218. The van der Waals surface area contributed by atoms with Gasteiger partial charge in [-0.25, -0.2) is 0 Å². The summed E-state index contributed by atoms with van der Waals surface area (Å²) in [7, 11) is 0. The van der Waals surface area contributed by atoms with Gasteiger partial charge in [0.1, 0.15) is 0 Å². The van der Waals surface area contributed by atoms with E-state index in [9.17, 15) is 0 Å². The molecule has 1 aromatic carbocycles. The van der Waals surface area contributed by atoms with Crippen LogP contribution < -0.4 is 0 Å². The molecule has 9 heavy (non-hydrogen) atoms.